The van der Waals surface area contributed by atoms with Gasteiger partial charge in [-0.15, -0.1) is 0 Å². The summed E-state index contributed by atoms with van der Waals surface area (Å²) >= 11 is 0. The summed E-state index contributed by atoms with van der Waals surface area (Å²) in [6.07, 6.45) is 4.87. The molecule has 3 heterocycles. The number of fused-ring (bicyclic) bond motifs is 2. The molecule has 0 fully saturated rings. The van der Waals surface area contributed by atoms with Gasteiger partial charge < -0.3 is 9.30 Å². The number of hydrogen-bond donors (Lipinski definition) is 0. The lowest BCUT2D eigenvalue weighted by molar-refractivity contribution is -0.117. The summed E-state index contributed by atoms with van der Waals surface area (Å²) in [4.78, 5) is 30.5. The Morgan fingerprint density at radius 2 is 2.08 bits per heavy atom. The standard InChI is InChI=1S/C19H17N3O2/c1-13(23)14-5-6-17-15(10-14)7-9-22(17)19(24)11-16-12-21-8-3-2-4-18(21)20-16/h2-6,8,10,12H,7,9,11H2,1H3. The summed E-state index contributed by atoms with van der Waals surface area (Å²) < 4.78 is 1.92. The first-order valence-electron chi connectivity index (χ1n) is 7.98. The molecule has 0 radical (unpaired) electrons. The van der Waals surface area contributed by atoms with E-state index in [1.807, 2.05) is 47.1 Å². The highest BCUT2D eigenvalue weighted by Crippen LogP contribution is 2.29. The van der Waals surface area contributed by atoms with E-state index in [4.69, 9.17) is 0 Å². The first-order chi connectivity index (χ1) is 11.6. The van der Waals surface area contributed by atoms with Crippen molar-refractivity contribution in [2.45, 2.75) is 19.8 Å². The van der Waals surface area contributed by atoms with Crippen molar-refractivity contribution in [1.82, 2.24) is 9.38 Å². The molecule has 5 nitrogen and oxygen atoms in total. The first kappa shape index (κ1) is 14.6. The quantitative estimate of drug-likeness (QED) is 0.698. The van der Waals surface area contributed by atoms with Gasteiger partial charge in [-0.25, -0.2) is 4.98 Å². The molecule has 0 atom stereocenters. The van der Waals surface area contributed by atoms with Crippen molar-refractivity contribution in [3.8, 4) is 0 Å². The van der Waals surface area contributed by atoms with Gasteiger partial charge in [0.1, 0.15) is 5.65 Å². The molecule has 0 N–H and O–H groups in total. The fourth-order valence-corrected chi connectivity index (χ4v) is 3.20. The second-order valence-corrected chi connectivity index (χ2v) is 6.07. The Morgan fingerprint density at radius 1 is 1.21 bits per heavy atom. The van der Waals surface area contributed by atoms with E-state index < -0.39 is 0 Å². The summed E-state index contributed by atoms with van der Waals surface area (Å²) in [5.41, 5.74) is 4.27. The number of hydrogen-bond acceptors (Lipinski definition) is 3. The zero-order chi connectivity index (χ0) is 16.7. The zero-order valence-corrected chi connectivity index (χ0v) is 13.4. The summed E-state index contributed by atoms with van der Waals surface area (Å²) in [5, 5.41) is 0. The van der Waals surface area contributed by atoms with Crippen molar-refractivity contribution in [3.05, 3.63) is 65.6 Å². The molecule has 4 rings (SSSR count). The van der Waals surface area contributed by atoms with Crippen LogP contribution in [0.3, 0.4) is 0 Å². The first-order valence-corrected chi connectivity index (χ1v) is 7.98. The summed E-state index contributed by atoms with van der Waals surface area (Å²) in [7, 11) is 0. The molecule has 0 bridgehead atoms. The number of ketones is 1. The molecule has 0 spiro atoms. The van der Waals surface area contributed by atoms with Crippen molar-refractivity contribution < 1.29 is 9.59 Å². The number of rotatable bonds is 3. The lowest BCUT2D eigenvalue weighted by atomic mass is 10.1. The molecule has 5 heteroatoms. The zero-order valence-electron chi connectivity index (χ0n) is 13.4. The molecule has 0 unspecified atom stereocenters. The van der Waals surface area contributed by atoms with Crippen LogP contribution in [-0.2, 0) is 17.6 Å². The van der Waals surface area contributed by atoms with Crippen molar-refractivity contribution in [1.29, 1.82) is 0 Å². The fourth-order valence-electron chi connectivity index (χ4n) is 3.20. The van der Waals surface area contributed by atoms with Crippen LogP contribution >= 0.6 is 0 Å². The van der Waals surface area contributed by atoms with Gasteiger partial charge in [-0.05, 0) is 49.2 Å². The predicted octanol–water partition coefficient (Wildman–Crippen LogP) is 2.67. The van der Waals surface area contributed by atoms with Crippen LogP contribution < -0.4 is 4.90 Å². The van der Waals surface area contributed by atoms with Gasteiger partial charge >= 0.3 is 0 Å². The number of benzene rings is 1. The van der Waals surface area contributed by atoms with Crippen LogP contribution in [0.1, 0.15) is 28.5 Å². The molecule has 1 amide bonds. The molecule has 0 saturated heterocycles. The van der Waals surface area contributed by atoms with Gasteiger partial charge in [0, 0.05) is 30.2 Å². The van der Waals surface area contributed by atoms with Crippen LogP contribution in [0.15, 0.2) is 48.8 Å². The molecule has 1 aliphatic rings. The second kappa shape index (κ2) is 5.60. The second-order valence-electron chi connectivity index (χ2n) is 6.07. The van der Waals surface area contributed by atoms with Crippen LogP contribution in [-0.4, -0.2) is 27.6 Å². The highest BCUT2D eigenvalue weighted by molar-refractivity contribution is 5.99. The van der Waals surface area contributed by atoms with Crippen LogP contribution in [0.25, 0.3) is 5.65 Å². The van der Waals surface area contributed by atoms with E-state index in [1.165, 1.54) is 0 Å². The van der Waals surface area contributed by atoms with E-state index in [0.29, 0.717) is 12.1 Å². The molecule has 1 aliphatic heterocycles. The number of Topliss-reactive ketones (excluding diaryl/α,β-unsaturated/α-hetero) is 1. The minimum absolute atomic E-state index is 0.0349. The third kappa shape index (κ3) is 2.48. The van der Waals surface area contributed by atoms with Gasteiger partial charge in [-0.1, -0.05) is 6.07 Å². The van der Waals surface area contributed by atoms with Crippen molar-refractivity contribution in [2.24, 2.45) is 0 Å². The molecule has 0 aliphatic carbocycles. The molecule has 1 aromatic carbocycles. The molecule has 24 heavy (non-hydrogen) atoms. The molecule has 2 aromatic heterocycles. The Bertz CT molecular complexity index is 925. The third-order valence-electron chi connectivity index (χ3n) is 4.43. The smallest absolute Gasteiger partial charge is 0.233 e. The minimum Gasteiger partial charge on any atom is -0.311 e. The van der Waals surface area contributed by atoms with Crippen LogP contribution in [0.4, 0.5) is 5.69 Å². The van der Waals surface area contributed by atoms with Crippen LogP contribution in [0, 0.1) is 0 Å². The van der Waals surface area contributed by atoms with Crippen molar-refractivity contribution in [3.63, 3.8) is 0 Å². The Labute approximate surface area is 139 Å². The Hall–Kier alpha value is -2.95. The fraction of sp³-hybridized carbons (Fsp3) is 0.211. The maximum absolute atomic E-state index is 12.7. The lowest BCUT2D eigenvalue weighted by Crippen LogP contribution is -2.30. The van der Waals surface area contributed by atoms with Gasteiger partial charge in [0.15, 0.2) is 5.78 Å². The van der Waals surface area contributed by atoms with Crippen molar-refractivity contribution in [2.75, 3.05) is 11.4 Å². The maximum atomic E-state index is 12.7. The van der Waals surface area contributed by atoms with Crippen LogP contribution in [0.2, 0.25) is 0 Å². The van der Waals surface area contributed by atoms with E-state index in [-0.39, 0.29) is 18.1 Å². The molecule has 0 saturated carbocycles. The Balaban J connectivity index is 1.57. The number of aromatic nitrogens is 2. The van der Waals surface area contributed by atoms with Gasteiger partial charge in [0.25, 0.3) is 0 Å². The number of anilines is 1. The van der Waals surface area contributed by atoms with E-state index in [9.17, 15) is 9.59 Å². The molecule has 3 aromatic rings. The van der Waals surface area contributed by atoms with Gasteiger partial charge in [-0.2, -0.15) is 0 Å². The van der Waals surface area contributed by atoms with Crippen LogP contribution in [0.5, 0.6) is 0 Å². The number of nitrogens with zero attached hydrogens (tertiary/aromatic N) is 3. The van der Waals surface area contributed by atoms with E-state index >= 15 is 0 Å². The Kier molecular flexibility index (Phi) is 3.41. The molecular formula is C19H17N3O2. The highest BCUT2D eigenvalue weighted by atomic mass is 16.2. The average Bonchev–Trinajstić information content (AvgIpc) is 3.17. The van der Waals surface area contributed by atoms with E-state index in [0.717, 1.165) is 29.0 Å². The Morgan fingerprint density at radius 3 is 2.88 bits per heavy atom. The van der Waals surface area contributed by atoms with E-state index in [1.54, 1.807) is 17.9 Å². The van der Waals surface area contributed by atoms with E-state index in [2.05, 4.69) is 4.98 Å². The summed E-state index contributed by atoms with van der Waals surface area (Å²) in [5.74, 6) is 0.0833. The number of carbonyl (C=O) groups excluding carboxylic acids is 2. The van der Waals surface area contributed by atoms with Gasteiger partial charge in [-0.3, -0.25) is 9.59 Å². The summed E-state index contributed by atoms with van der Waals surface area (Å²) in [6.45, 7) is 2.21. The normalized spacial score (nSPS) is 13.3. The topological polar surface area (TPSA) is 54.7 Å². The number of carbonyl (C=O) groups is 2. The van der Waals surface area contributed by atoms with Gasteiger partial charge in [0.2, 0.25) is 5.91 Å². The number of amides is 1. The van der Waals surface area contributed by atoms with Crippen molar-refractivity contribution >= 4 is 23.0 Å². The third-order valence-corrected chi connectivity index (χ3v) is 4.43. The highest BCUT2D eigenvalue weighted by Gasteiger charge is 2.25. The maximum Gasteiger partial charge on any atom is 0.233 e. The number of pyridine rings is 1. The number of imidazole rings is 1. The monoisotopic (exact) mass is 319 g/mol. The summed E-state index contributed by atoms with van der Waals surface area (Å²) in [6, 6.07) is 11.3. The molecular weight excluding hydrogens is 302 g/mol. The predicted molar refractivity (Wildman–Crippen MR) is 91.4 cm³/mol. The average molecular weight is 319 g/mol. The van der Waals surface area contributed by atoms with Gasteiger partial charge in [0.05, 0.1) is 12.1 Å². The SMILES string of the molecule is CC(=O)c1ccc2c(c1)CCN2C(=O)Cc1cn2ccccc2n1. The minimum atomic E-state index is 0.0349. The lowest BCUT2D eigenvalue weighted by Gasteiger charge is -2.16. The largest absolute Gasteiger partial charge is 0.311 e. The molecule has 120 valence electrons.